The number of ether oxygens (including phenoxy) is 2. The Morgan fingerprint density at radius 2 is 1.71 bits per heavy atom. The Morgan fingerprint density at radius 1 is 1.05 bits per heavy atom. The number of aliphatic hydroxyl groups is 1. The van der Waals surface area contributed by atoms with Gasteiger partial charge in [-0.25, -0.2) is 14.6 Å². The number of rotatable bonds is 11. The van der Waals surface area contributed by atoms with E-state index in [-0.39, 0.29) is 17.3 Å². The van der Waals surface area contributed by atoms with Crippen LogP contribution in [0.3, 0.4) is 0 Å². The summed E-state index contributed by atoms with van der Waals surface area (Å²) in [5, 5.41) is 16.5. The van der Waals surface area contributed by atoms with Crippen molar-refractivity contribution in [3.8, 4) is 10.6 Å². The first-order chi connectivity index (χ1) is 18.9. The fourth-order valence-electron chi connectivity index (χ4n) is 3.14. The van der Waals surface area contributed by atoms with Crippen molar-refractivity contribution in [2.24, 2.45) is 0 Å². The predicted molar refractivity (Wildman–Crippen MR) is 158 cm³/mol. The van der Waals surface area contributed by atoms with Crippen molar-refractivity contribution >= 4 is 43.4 Å². The largest absolute Gasteiger partial charge is 0.467 e. The topological polar surface area (TPSA) is 153 Å². The number of hydrogen-bond acceptors (Lipinski definition) is 10. The van der Waals surface area contributed by atoms with E-state index in [0.29, 0.717) is 16.1 Å². The number of carbonyl (C=O) groups excluding carboxylic acids is 4. The van der Waals surface area contributed by atoms with E-state index < -0.39 is 56.4 Å². The first kappa shape index (κ1) is 34.1. The number of amides is 2. The van der Waals surface area contributed by atoms with E-state index in [2.05, 4.69) is 20.4 Å². The average Bonchev–Trinajstić information content (AvgIpc) is 3.38. The number of benzene rings is 1. The molecule has 226 valence electrons. The Kier molecular flexibility index (Phi) is 11.4. The fraction of sp³-hybridized carbons (Fsp3) is 0.536. The van der Waals surface area contributed by atoms with E-state index in [1.807, 2.05) is 33.9 Å². The van der Waals surface area contributed by atoms with Gasteiger partial charge < -0.3 is 29.6 Å². The number of nitrogens with one attached hydrogen (secondary N) is 2. The molecule has 1 aromatic heterocycles. The van der Waals surface area contributed by atoms with Crippen molar-refractivity contribution in [1.82, 2.24) is 15.6 Å². The molecule has 0 aliphatic rings. The molecule has 1 heterocycles. The molecular formula is C28H41N3O8SSi. The van der Waals surface area contributed by atoms with Crippen LogP contribution >= 0.6 is 11.3 Å². The number of aliphatic hydroxyl groups excluding tert-OH is 1. The first-order valence-electron chi connectivity index (χ1n) is 13.1. The van der Waals surface area contributed by atoms with Crippen LogP contribution in [0.1, 0.15) is 62.4 Å². The van der Waals surface area contributed by atoms with Crippen LogP contribution in [-0.2, 0) is 23.5 Å². The maximum Gasteiger partial charge on any atom is 0.338 e. The van der Waals surface area contributed by atoms with Crippen LogP contribution in [0, 0.1) is 0 Å². The molecule has 0 saturated heterocycles. The van der Waals surface area contributed by atoms with Gasteiger partial charge in [0.2, 0.25) is 5.91 Å². The van der Waals surface area contributed by atoms with Gasteiger partial charge in [0.15, 0.2) is 14.4 Å². The zero-order valence-electron chi connectivity index (χ0n) is 25.1. The summed E-state index contributed by atoms with van der Waals surface area (Å²) in [6, 6.07) is 4.25. The number of carbonyl (C=O) groups is 4. The lowest BCUT2D eigenvalue weighted by molar-refractivity contribution is -0.146. The van der Waals surface area contributed by atoms with E-state index in [4.69, 9.17) is 9.16 Å². The highest BCUT2D eigenvalue weighted by atomic mass is 32.1. The maximum absolute atomic E-state index is 13.2. The Morgan fingerprint density at radius 3 is 2.27 bits per heavy atom. The summed E-state index contributed by atoms with van der Waals surface area (Å²) in [5.74, 6) is -2.65. The van der Waals surface area contributed by atoms with Crippen molar-refractivity contribution in [3.05, 3.63) is 40.9 Å². The smallest absolute Gasteiger partial charge is 0.338 e. The second-order valence-corrected chi connectivity index (χ2v) is 17.7. The Bertz CT molecular complexity index is 1250. The van der Waals surface area contributed by atoms with E-state index >= 15 is 0 Å². The van der Waals surface area contributed by atoms with E-state index in [1.165, 1.54) is 11.3 Å². The highest BCUT2D eigenvalue weighted by molar-refractivity contribution is 7.13. The number of esters is 2. The third-order valence-electron chi connectivity index (χ3n) is 6.50. The van der Waals surface area contributed by atoms with Crippen LogP contribution in [-0.4, -0.2) is 80.2 Å². The van der Waals surface area contributed by atoms with Crippen LogP contribution in [0.2, 0.25) is 18.1 Å². The normalized spacial score (nSPS) is 13.6. The average molecular weight is 608 g/mol. The molecule has 0 aliphatic carbocycles. The molecule has 0 saturated carbocycles. The van der Waals surface area contributed by atoms with Gasteiger partial charge in [0.25, 0.3) is 5.91 Å². The molecule has 11 nitrogen and oxygen atoms in total. The molecular weight excluding hydrogens is 566 g/mol. The van der Waals surface area contributed by atoms with Gasteiger partial charge in [-0.2, -0.15) is 0 Å². The van der Waals surface area contributed by atoms with Crippen LogP contribution in [0.15, 0.2) is 29.6 Å². The van der Waals surface area contributed by atoms with Gasteiger partial charge >= 0.3 is 11.9 Å². The van der Waals surface area contributed by atoms with E-state index in [9.17, 15) is 24.3 Å². The molecule has 0 unspecified atom stereocenters. The van der Waals surface area contributed by atoms with Crippen LogP contribution in [0.5, 0.6) is 0 Å². The third-order valence-corrected chi connectivity index (χ3v) is 11.9. The molecule has 0 spiro atoms. The number of nitrogens with zero attached hydrogens (tertiary/aromatic N) is 1. The molecule has 2 amide bonds. The van der Waals surface area contributed by atoms with Crippen molar-refractivity contribution in [3.63, 3.8) is 0 Å². The summed E-state index contributed by atoms with van der Waals surface area (Å²) in [5.41, 5.74) is 0.383. The monoisotopic (exact) mass is 607 g/mol. The van der Waals surface area contributed by atoms with Crippen molar-refractivity contribution in [1.29, 1.82) is 0 Å². The number of methoxy groups -OCH3 is 1. The molecule has 0 aliphatic heterocycles. The fourth-order valence-corrected chi connectivity index (χ4v) is 4.96. The Balaban J connectivity index is 2.27. The molecule has 41 heavy (non-hydrogen) atoms. The lowest BCUT2D eigenvalue weighted by atomic mass is 10.1. The standard InChI is InChI=1S/C28H41N3O8SSi/c1-27(2,3)39-25(35)18-12-10-11-17(13-18)24-31-21(16-40-24)23(34)30-20(15-38-41(8,9)28(4,5)6)22(33)29-19(14-32)26(36)37-7/h10-13,16,19-20,32H,14-15H2,1-9H3,(H,29,33)(H,30,34)/t19-,20-/m0/s1. The summed E-state index contributed by atoms with van der Waals surface area (Å²) in [6.45, 7) is 14.7. The van der Waals surface area contributed by atoms with Crippen LogP contribution in [0.4, 0.5) is 0 Å². The van der Waals surface area contributed by atoms with Gasteiger partial charge in [-0.05, 0) is 51.0 Å². The summed E-state index contributed by atoms with van der Waals surface area (Å²) in [6.07, 6.45) is 0. The summed E-state index contributed by atoms with van der Waals surface area (Å²) < 4.78 is 16.2. The summed E-state index contributed by atoms with van der Waals surface area (Å²) in [4.78, 5) is 55.1. The van der Waals surface area contributed by atoms with Gasteiger partial charge in [-0.1, -0.05) is 32.9 Å². The molecule has 0 radical (unpaired) electrons. The first-order valence-corrected chi connectivity index (χ1v) is 16.9. The second-order valence-electron chi connectivity index (χ2n) is 12.0. The van der Waals surface area contributed by atoms with E-state index in [0.717, 1.165) is 7.11 Å². The predicted octanol–water partition coefficient (Wildman–Crippen LogP) is 3.54. The van der Waals surface area contributed by atoms with Gasteiger partial charge in [0.05, 0.1) is 25.9 Å². The van der Waals surface area contributed by atoms with Gasteiger partial charge in [-0.15, -0.1) is 11.3 Å². The molecule has 3 N–H and O–H groups in total. The molecule has 2 atom stereocenters. The Labute approximate surface area is 246 Å². The zero-order chi connectivity index (χ0) is 31.2. The lowest BCUT2D eigenvalue weighted by Gasteiger charge is -2.37. The lowest BCUT2D eigenvalue weighted by Crippen LogP contribution is -2.56. The molecule has 2 rings (SSSR count). The Hall–Kier alpha value is -3.13. The van der Waals surface area contributed by atoms with Crippen LogP contribution < -0.4 is 10.6 Å². The number of thiazole rings is 1. The third kappa shape index (κ3) is 9.73. The minimum atomic E-state index is -2.31. The molecule has 0 fully saturated rings. The molecule has 0 bridgehead atoms. The molecule has 13 heteroatoms. The zero-order valence-corrected chi connectivity index (χ0v) is 26.9. The highest BCUT2D eigenvalue weighted by Gasteiger charge is 2.39. The van der Waals surface area contributed by atoms with Gasteiger partial charge in [-0.3, -0.25) is 9.59 Å². The highest BCUT2D eigenvalue weighted by Crippen LogP contribution is 2.36. The minimum Gasteiger partial charge on any atom is -0.467 e. The van der Waals surface area contributed by atoms with Crippen molar-refractivity contribution in [2.45, 2.75) is 77.4 Å². The van der Waals surface area contributed by atoms with Crippen molar-refractivity contribution < 1.29 is 38.2 Å². The summed E-state index contributed by atoms with van der Waals surface area (Å²) in [7, 11) is -1.18. The number of aromatic nitrogens is 1. The van der Waals surface area contributed by atoms with Crippen molar-refractivity contribution in [2.75, 3.05) is 20.3 Å². The second kappa shape index (κ2) is 13.7. The van der Waals surface area contributed by atoms with Gasteiger partial charge in [0.1, 0.15) is 22.3 Å². The quantitative estimate of drug-likeness (QED) is 0.257. The molecule has 1 aromatic carbocycles. The number of hydrogen-bond donors (Lipinski definition) is 3. The SMILES string of the molecule is COC(=O)[C@H](CO)NC(=O)[C@H](CO[Si](C)(C)C(C)(C)C)NC(=O)c1csc(-c2cccc(C(=O)OC(C)(C)C)c2)n1. The minimum absolute atomic E-state index is 0.0597. The molecule has 2 aromatic rings. The van der Waals surface area contributed by atoms with E-state index in [1.54, 1.807) is 50.4 Å². The van der Waals surface area contributed by atoms with Crippen LogP contribution in [0.25, 0.3) is 10.6 Å². The maximum atomic E-state index is 13.2. The summed E-state index contributed by atoms with van der Waals surface area (Å²) >= 11 is 1.20. The van der Waals surface area contributed by atoms with Gasteiger partial charge in [0, 0.05) is 10.9 Å².